The van der Waals surface area contributed by atoms with E-state index < -0.39 is 0 Å². The third kappa shape index (κ3) is 3.38. The lowest BCUT2D eigenvalue weighted by Crippen LogP contribution is -2.31. The molecule has 0 fully saturated rings. The number of aryl methyl sites for hydroxylation is 1. The summed E-state index contributed by atoms with van der Waals surface area (Å²) in [6.45, 7) is 12.6. The van der Waals surface area contributed by atoms with Crippen LogP contribution >= 0.6 is 0 Å². The molecule has 2 rings (SSSR count). The molecule has 0 saturated carbocycles. The second-order valence-corrected chi connectivity index (χ2v) is 4.98. The van der Waals surface area contributed by atoms with Crippen molar-refractivity contribution in [3.63, 3.8) is 0 Å². The first-order valence-electron chi connectivity index (χ1n) is 7.67. The number of hydrogen-bond acceptors (Lipinski definition) is 3. The van der Waals surface area contributed by atoms with Gasteiger partial charge < -0.3 is 10.2 Å². The predicted molar refractivity (Wildman–Crippen MR) is 84.9 cm³/mol. The fraction of sp³-hybridized carbons (Fsp3) is 0.562. The minimum atomic E-state index is 0.842. The molecule has 1 N–H and O–H groups in total. The van der Waals surface area contributed by atoms with E-state index in [1.807, 2.05) is 0 Å². The minimum Gasteiger partial charge on any atom is -0.310 e. The molecule has 0 spiro atoms. The largest absolute Gasteiger partial charge is 0.310 e. The van der Waals surface area contributed by atoms with Gasteiger partial charge in [-0.05, 0) is 26.1 Å². The van der Waals surface area contributed by atoms with Crippen LogP contribution in [0.4, 0.5) is 0 Å². The van der Waals surface area contributed by atoms with E-state index in [2.05, 4.69) is 59.9 Å². The molecule has 0 aliphatic rings. The fourth-order valence-corrected chi connectivity index (χ4v) is 2.55. The molecule has 0 aliphatic heterocycles. The summed E-state index contributed by atoms with van der Waals surface area (Å²) in [6.07, 6.45) is 0. The van der Waals surface area contributed by atoms with Gasteiger partial charge in [0.1, 0.15) is 0 Å². The summed E-state index contributed by atoms with van der Waals surface area (Å²) < 4.78 is 2.08. The smallest absolute Gasteiger partial charge is 0.0841 e. The van der Waals surface area contributed by atoms with Crippen LogP contribution in [-0.2, 0) is 13.1 Å². The Morgan fingerprint density at radius 1 is 1.15 bits per heavy atom. The molecule has 20 heavy (non-hydrogen) atoms. The Labute approximate surface area is 121 Å². The van der Waals surface area contributed by atoms with Gasteiger partial charge in [-0.3, -0.25) is 4.68 Å². The first-order valence-corrected chi connectivity index (χ1v) is 7.67. The third-order valence-electron chi connectivity index (χ3n) is 3.83. The second kappa shape index (κ2) is 7.41. The molecule has 0 unspecified atom stereocenters. The molecule has 0 atom stereocenters. The Balaban J connectivity index is 1.96. The summed E-state index contributed by atoms with van der Waals surface area (Å²) in [5.41, 5.74) is 2.39. The van der Waals surface area contributed by atoms with Crippen molar-refractivity contribution in [2.75, 3.05) is 26.2 Å². The van der Waals surface area contributed by atoms with E-state index in [1.165, 1.54) is 10.9 Å². The van der Waals surface area contributed by atoms with Crippen LogP contribution in [0.25, 0.3) is 10.9 Å². The van der Waals surface area contributed by atoms with Gasteiger partial charge in [0.25, 0.3) is 0 Å². The Hall–Kier alpha value is -1.39. The Kier molecular flexibility index (Phi) is 5.56. The van der Waals surface area contributed by atoms with Crippen molar-refractivity contribution < 1.29 is 0 Å². The number of nitrogens with zero attached hydrogens (tertiary/aromatic N) is 3. The van der Waals surface area contributed by atoms with Gasteiger partial charge in [-0.1, -0.05) is 32.0 Å². The first kappa shape index (κ1) is 15.0. The maximum atomic E-state index is 4.71. The van der Waals surface area contributed by atoms with E-state index in [9.17, 15) is 0 Å². The van der Waals surface area contributed by atoms with Crippen LogP contribution in [0.5, 0.6) is 0 Å². The Bertz CT molecular complexity index is 528. The zero-order chi connectivity index (χ0) is 14.4. The predicted octanol–water partition coefficient (Wildman–Crippen LogP) is 2.49. The van der Waals surface area contributed by atoms with E-state index in [1.54, 1.807) is 0 Å². The van der Waals surface area contributed by atoms with Crippen molar-refractivity contribution in [1.82, 2.24) is 20.0 Å². The van der Waals surface area contributed by atoms with Gasteiger partial charge in [-0.2, -0.15) is 5.10 Å². The van der Waals surface area contributed by atoms with E-state index in [-0.39, 0.29) is 0 Å². The number of hydrogen-bond donors (Lipinski definition) is 1. The Morgan fingerprint density at radius 3 is 2.60 bits per heavy atom. The maximum absolute atomic E-state index is 4.71. The lowest BCUT2D eigenvalue weighted by molar-refractivity contribution is 0.302. The molecule has 110 valence electrons. The highest BCUT2D eigenvalue weighted by molar-refractivity contribution is 5.81. The van der Waals surface area contributed by atoms with Crippen molar-refractivity contribution in [2.45, 2.75) is 33.9 Å². The molecule has 0 saturated heterocycles. The van der Waals surface area contributed by atoms with Gasteiger partial charge in [-0.25, -0.2) is 0 Å². The molecule has 0 radical (unpaired) electrons. The van der Waals surface area contributed by atoms with Crippen molar-refractivity contribution in [2.24, 2.45) is 0 Å². The van der Waals surface area contributed by atoms with Crippen LogP contribution in [0.2, 0.25) is 0 Å². The number of fused-ring (bicyclic) bond motifs is 1. The summed E-state index contributed by atoms with van der Waals surface area (Å²) in [7, 11) is 0. The van der Waals surface area contributed by atoms with Crippen LogP contribution in [0, 0.1) is 0 Å². The van der Waals surface area contributed by atoms with E-state index in [0.717, 1.165) is 45.0 Å². The summed E-state index contributed by atoms with van der Waals surface area (Å²) in [4.78, 5) is 2.43. The molecule has 4 nitrogen and oxygen atoms in total. The van der Waals surface area contributed by atoms with Gasteiger partial charge in [0, 0.05) is 31.6 Å². The molecular formula is C16H26N4. The van der Waals surface area contributed by atoms with Crippen molar-refractivity contribution in [3.05, 3.63) is 30.0 Å². The molecule has 1 aromatic carbocycles. The number of rotatable bonds is 8. The first-order chi connectivity index (χ1) is 9.80. The zero-order valence-corrected chi connectivity index (χ0v) is 12.9. The van der Waals surface area contributed by atoms with Crippen LogP contribution in [-0.4, -0.2) is 40.9 Å². The zero-order valence-electron chi connectivity index (χ0n) is 12.9. The number of para-hydroxylation sites is 1. The van der Waals surface area contributed by atoms with Gasteiger partial charge >= 0.3 is 0 Å². The third-order valence-corrected chi connectivity index (χ3v) is 3.83. The second-order valence-electron chi connectivity index (χ2n) is 4.98. The minimum absolute atomic E-state index is 0.842. The van der Waals surface area contributed by atoms with Crippen LogP contribution in [0.15, 0.2) is 24.3 Å². The highest BCUT2D eigenvalue weighted by Crippen LogP contribution is 2.18. The van der Waals surface area contributed by atoms with Crippen LogP contribution in [0.3, 0.4) is 0 Å². The molecule has 4 heteroatoms. The van der Waals surface area contributed by atoms with E-state index >= 15 is 0 Å². The van der Waals surface area contributed by atoms with E-state index in [0.29, 0.717) is 0 Å². The molecular weight excluding hydrogens is 248 g/mol. The lowest BCUT2D eigenvalue weighted by Gasteiger charge is -2.17. The maximum Gasteiger partial charge on any atom is 0.0841 e. The molecule has 1 aromatic heterocycles. The summed E-state index contributed by atoms with van der Waals surface area (Å²) in [5.74, 6) is 0. The molecule has 0 aliphatic carbocycles. The average molecular weight is 274 g/mol. The standard InChI is InChI=1S/C16H26N4/c1-4-19(5-2)12-11-17-13-15-14-9-7-8-10-16(14)20(6-3)18-15/h7-10,17H,4-6,11-13H2,1-3H3. The lowest BCUT2D eigenvalue weighted by atomic mass is 10.2. The normalized spacial score (nSPS) is 11.6. The summed E-state index contributed by atoms with van der Waals surface area (Å²) in [5, 5.41) is 9.49. The average Bonchev–Trinajstić information content (AvgIpc) is 2.86. The Morgan fingerprint density at radius 2 is 1.90 bits per heavy atom. The summed E-state index contributed by atoms with van der Waals surface area (Å²) in [6, 6.07) is 8.47. The molecule has 0 amide bonds. The highest BCUT2D eigenvalue weighted by Gasteiger charge is 2.08. The highest BCUT2D eigenvalue weighted by atomic mass is 15.3. The summed E-state index contributed by atoms with van der Waals surface area (Å²) >= 11 is 0. The van der Waals surface area contributed by atoms with Crippen molar-refractivity contribution in [3.8, 4) is 0 Å². The van der Waals surface area contributed by atoms with Crippen molar-refractivity contribution >= 4 is 10.9 Å². The van der Waals surface area contributed by atoms with Crippen LogP contribution in [0.1, 0.15) is 26.5 Å². The number of aromatic nitrogens is 2. The number of likely N-dealkylation sites (N-methyl/N-ethyl adjacent to an activating group) is 1. The van der Waals surface area contributed by atoms with Gasteiger partial charge in [0.05, 0.1) is 11.2 Å². The topological polar surface area (TPSA) is 33.1 Å². The fourth-order valence-electron chi connectivity index (χ4n) is 2.55. The number of nitrogens with one attached hydrogen (secondary N) is 1. The number of benzene rings is 1. The molecule has 0 bridgehead atoms. The van der Waals surface area contributed by atoms with Gasteiger partial charge in [0.15, 0.2) is 0 Å². The van der Waals surface area contributed by atoms with Gasteiger partial charge in [0.2, 0.25) is 0 Å². The van der Waals surface area contributed by atoms with Crippen molar-refractivity contribution in [1.29, 1.82) is 0 Å². The molecule has 2 aromatic rings. The monoisotopic (exact) mass is 274 g/mol. The SMILES string of the molecule is CCN(CC)CCNCc1nn(CC)c2ccccc12. The van der Waals surface area contributed by atoms with E-state index in [4.69, 9.17) is 5.10 Å². The quantitative estimate of drug-likeness (QED) is 0.751. The van der Waals surface area contributed by atoms with Gasteiger partial charge in [-0.15, -0.1) is 0 Å². The van der Waals surface area contributed by atoms with Crippen LogP contribution < -0.4 is 5.32 Å². The molecule has 1 heterocycles.